The molecule has 0 saturated carbocycles. The summed E-state index contributed by atoms with van der Waals surface area (Å²) in [5, 5.41) is 3.19. The Labute approximate surface area is 94.8 Å². The second-order valence-electron chi connectivity index (χ2n) is 4.23. The van der Waals surface area contributed by atoms with Crippen molar-refractivity contribution in [1.82, 2.24) is 10.2 Å². The molecule has 86 valence electrons. The zero-order valence-corrected chi connectivity index (χ0v) is 10.3. The number of rotatable bonds is 5. The molecule has 15 heavy (non-hydrogen) atoms. The van der Waals surface area contributed by atoms with Gasteiger partial charge in [0.2, 0.25) is 5.91 Å². The van der Waals surface area contributed by atoms with E-state index in [1.165, 1.54) is 4.90 Å². The highest BCUT2D eigenvalue weighted by Crippen LogP contribution is 2.19. The summed E-state index contributed by atoms with van der Waals surface area (Å²) in [6.45, 7) is 7.56. The third-order valence-corrected chi connectivity index (χ3v) is 3.07. The maximum atomic E-state index is 11.3. The van der Waals surface area contributed by atoms with Crippen LogP contribution in [0.15, 0.2) is 0 Å². The first-order chi connectivity index (χ1) is 7.00. The van der Waals surface area contributed by atoms with E-state index in [0.717, 1.165) is 18.3 Å². The van der Waals surface area contributed by atoms with Crippen LogP contribution in [-0.4, -0.2) is 40.9 Å². The summed E-state index contributed by atoms with van der Waals surface area (Å²) in [7, 11) is 0. The van der Waals surface area contributed by atoms with Gasteiger partial charge in [0.15, 0.2) is 0 Å². The van der Waals surface area contributed by atoms with Gasteiger partial charge in [-0.05, 0) is 12.5 Å². The Morgan fingerprint density at radius 1 is 1.40 bits per heavy atom. The van der Waals surface area contributed by atoms with Crippen molar-refractivity contribution in [1.29, 1.82) is 0 Å². The molecular formula is C10H18N2O2S. The fourth-order valence-electron chi connectivity index (χ4n) is 1.37. The van der Waals surface area contributed by atoms with Gasteiger partial charge in [-0.25, -0.2) is 0 Å². The summed E-state index contributed by atoms with van der Waals surface area (Å²) in [6.07, 6.45) is 0. The lowest BCUT2D eigenvalue weighted by molar-refractivity contribution is -0.124. The highest BCUT2D eigenvalue weighted by Gasteiger charge is 2.30. The highest BCUT2D eigenvalue weighted by molar-refractivity contribution is 8.14. The van der Waals surface area contributed by atoms with Crippen molar-refractivity contribution in [3.8, 4) is 0 Å². The number of hydrogen-bond acceptors (Lipinski definition) is 4. The van der Waals surface area contributed by atoms with E-state index in [9.17, 15) is 9.59 Å². The van der Waals surface area contributed by atoms with E-state index in [1.54, 1.807) is 0 Å². The Kier molecular flexibility index (Phi) is 4.60. The van der Waals surface area contributed by atoms with E-state index in [0.29, 0.717) is 24.3 Å². The highest BCUT2D eigenvalue weighted by atomic mass is 32.2. The van der Waals surface area contributed by atoms with Crippen molar-refractivity contribution in [2.24, 2.45) is 5.92 Å². The van der Waals surface area contributed by atoms with Crippen molar-refractivity contribution < 1.29 is 9.59 Å². The predicted octanol–water partition coefficient (Wildman–Crippen LogP) is 1.32. The van der Waals surface area contributed by atoms with Crippen LogP contribution < -0.4 is 5.32 Å². The number of amides is 2. The summed E-state index contributed by atoms with van der Waals surface area (Å²) in [5.74, 6) is 0.559. The lowest BCUT2D eigenvalue weighted by Gasteiger charge is -2.19. The quantitative estimate of drug-likeness (QED) is 0.774. The van der Waals surface area contributed by atoms with Gasteiger partial charge < -0.3 is 5.32 Å². The second kappa shape index (κ2) is 5.51. The van der Waals surface area contributed by atoms with Gasteiger partial charge in [0.25, 0.3) is 5.24 Å². The molecule has 4 nitrogen and oxygen atoms in total. The molecule has 0 aromatic rings. The van der Waals surface area contributed by atoms with E-state index in [2.05, 4.69) is 19.2 Å². The SMILES string of the molecule is CC(CNC(C)C)CN1C(=O)CSC1=O. The second-order valence-corrected chi connectivity index (χ2v) is 5.15. The van der Waals surface area contributed by atoms with Crippen molar-refractivity contribution >= 4 is 22.9 Å². The Bertz CT molecular complexity index is 240. The van der Waals surface area contributed by atoms with Gasteiger partial charge in [-0.1, -0.05) is 32.5 Å². The molecule has 1 aliphatic heterocycles. The number of nitrogens with one attached hydrogen (secondary N) is 1. The number of thioether (sulfide) groups is 1. The Morgan fingerprint density at radius 3 is 2.53 bits per heavy atom. The lowest BCUT2D eigenvalue weighted by atomic mass is 10.1. The third kappa shape index (κ3) is 3.83. The molecule has 1 atom stereocenters. The minimum atomic E-state index is -0.101. The Hall–Kier alpha value is -0.550. The monoisotopic (exact) mass is 230 g/mol. The average Bonchev–Trinajstić information content (AvgIpc) is 2.46. The fourth-order valence-corrected chi connectivity index (χ4v) is 2.11. The van der Waals surface area contributed by atoms with Crippen LogP contribution in [0.25, 0.3) is 0 Å². The minimum absolute atomic E-state index is 0.0543. The molecule has 1 saturated heterocycles. The van der Waals surface area contributed by atoms with Crippen LogP contribution in [0.4, 0.5) is 4.79 Å². The maximum Gasteiger partial charge on any atom is 0.288 e. The van der Waals surface area contributed by atoms with Crippen molar-refractivity contribution in [3.05, 3.63) is 0 Å². The zero-order chi connectivity index (χ0) is 11.4. The minimum Gasteiger partial charge on any atom is -0.314 e. The molecule has 1 rings (SSSR count). The summed E-state index contributed by atoms with van der Waals surface area (Å²) < 4.78 is 0. The molecule has 0 radical (unpaired) electrons. The summed E-state index contributed by atoms with van der Waals surface area (Å²) in [4.78, 5) is 24.0. The molecule has 1 N–H and O–H groups in total. The van der Waals surface area contributed by atoms with Gasteiger partial charge in [0.1, 0.15) is 0 Å². The zero-order valence-electron chi connectivity index (χ0n) is 9.45. The number of hydrogen-bond donors (Lipinski definition) is 1. The van der Waals surface area contributed by atoms with Gasteiger partial charge >= 0.3 is 0 Å². The molecule has 0 aromatic heterocycles. The van der Waals surface area contributed by atoms with E-state index >= 15 is 0 Å². The van der Waals surface area contributed by atoms with Crippen LogP contribution in [0.2, 0.25) is 0 Å². The van der Waals surface area contributed by atoms with Crippen LogP contribution in [-0.2, 0) is 4.79 Å². The summed E-state index contributed by atoms with van der Waals surface area (Å²) in [6, 6.07) is 0.437. The van der Waals surface area contributed by atoms with E-state index in [1.807, 2.05) is 6.92 Å². The van der Waals surface area contributed by atoms with Crippen molar-refractivity contribution in [2.75, 3.05) is 18.8 Å². The van der Waals surface area contributed by atoms with Crippen molar-refractivity contribution in [3.63, 3.8) is 0 Å². The van der Waals surface area contributed by atoms with Gasteiger partial charge in [-0.2, -0.15) is 0 Å². The Morgan fingerprint density at radius 2 is 2.07 bits per heavy atom. The fraction of sp³-hybridized carbons (Fsp3) is 0.800. The van der Waals surface area contributed by atoms with E-state index in [4.69, 9.17) is 0 Å². The smallest absolute Gasteiger partial charge is 0.288 e. The standard InChI is InChI=1S/C10H18N2O2S/c1-7(2)11-4-8(3)5-12-9(13)6-15-10(12)14/h7-8,11H,4-6H2,1-3H3. The average molecular weight is 230 g/mol. The van der Waals surface area contributed by atoms with Crippen LogP contribution in [0.1, 0.15) is 20.8 Å². The first-order valence-electron chi connectivity index (χ1n) is 5.21. The van der Waals surface area contributed by atoms with E-state index in [-0.39, 0.29) is 11.1 Å². The molecule has 0 spiro atoms. The molecule has 0 aromatic carbocycles. The van der Waals surface area contributed by atoms with Crippen LogP contribution in [0.5, 0.6) is 0 Å². The van der Waals surface area contributed by atoms with Crippen LogP contribution >= 0.6 is 11.8 Å². The molecule has 0 bridgehead atoms. The molecule has 2 amide bonds. The maximum absolute atomic E-state index is 11.3. The topological polar surface area (TPSA) is 49.4 Å². The predicted molar refractivity (Wildman–Crippen MR) is 61.9 cm³/mol. The largest absolute Gasteiger partial charge is 0.314 e. The molecule has 1 unspecified atom stereocenters. The first-order valence-corrected chi connectivity index (χ1v) is 6.19. The van der Waals surface area contributed by atoms with Crippen LogP contribution in [0, 0.1) is 5.92 Å². The Balaban J connectivity index is 2.33. The molecule has 1 heterocycles. The molecule has 5 heteroatoms. The summed E-state index contributed by atoms with van der Waals surface area (Å²) >= 11 is 1.10. The number of carbonyl (C=O) groups is 2. The summed E-state index contributed by atoms with van der Waals surface area (Å²) in [5.41, 5.74) is 0. The number of imide groups is 1. The molecule has 0 aliphatic carbocycles. The number of nitrogens with zero attached hydrogens (tertiary/aromatic N) is 1. The lowest BCUT2D eigenvalue weighted by Crippen LogP contribution is -2.37. The van der Waals surface area contributed by atoms with Crippen LogP contribution in [0.3, 0.4) is 0 Å². The molecular weight excluding hydrogens is 212 g/mol. The van der Waals surface area contributed by atoms with E-state index < -0.39 is 0 Å². The normalized spacial score (nSPS) is 19.1. The van der Waals surface area contributed by atoms with Gasteiger partial charge in [0, 0.05) is 12.6 Å². The molecule has 1 fully saturated rings. The third-order valence-electron chi connectivity index (χ3n) is 2.21. The van der Waals surface area contributed by atoms with Gasteiger partial charge in [-0.15, -0.1) is 0 Å². The first kappa shape index (κ1) is 12.5. The van der Waals surface area contributed by atoms with Crippen molar-refractivity contribution in [2.45, 2.75) is 26.8 Å². The molecule has 1 aliphatic rings. The van der Waals surface area contributed by atoms with Gasteiger partial charge in [-0.3, -0.25) is 14.5 Å². The number of carbonyl (C=O) groups excluding carboxylic acids is 2. The van der Waals surface area contributed by atoms with Gasteiger partial charge in [0.05, 0.1) is 5.75 Å².